The minimum absolute atomic E-state index is 0.00895. The van der Waals surface area contributed by atoms with E-state index in [0.29, 0.717) is 5.56 Å². The Morgan fingerprint density at radius 2 is 1.96 bits per heavy atom. The van der Waals surface area contributed by atoms with Gasteiger partial charge >= 0.3 is 0 Å². The summed E-state index contributed by atoms with van der Waals surface area (Å²) in [4.78, 5) is 4.68. The van der Waals surface area contributed by atoms with E-state index >= 15 is 0 Å². The molecule has 2 heterocycles. The molecule has 0 N–H and O–H groups in total. The van der Waals surface area contributed by atoms with Crippen LogP contribution < -0.4 is 0 Å². The summed E-state index contributed by atoms with van der Waals surface area (Å²) >= 11 is 0. The lowest BCUT2D eigenvalue weighted by Gasteiger charge is -2.32. The Balaban J connectivity index is 1.61. The van der Waals surface area contributed by atoms with E-state index in [9.17, 15) is 8.78 Å². The van der Waals surface area contributed by atoms with Crippen molar-refractivity contribution in [1.29, 1.82) is 0 Å². The van der Waals surface area contributed by atoms with Gasteiger partial charge in [0.15, 0.2) is 0 Å². The van der Waals surface area contributed by atoms with Gasteiger partial charge in [0.05, 0.1) is 13.2 Å². The smallest absolute Gasteiger partial charge is 0.128 e. The minimum Gasteiger partial charge on any atom is -0.379 e. The van der Waals surface area contributed by atoms with Gasteiger partial charge in [0.25, 0.3) is 0 Å². The van der Waals surface area contributed by atoms with Crippen LogP contribution in [0.1, 0.15) is 31.4 Å². The van der Waals surface area contributed by atoms with E-state index in [1.54, 1.807) is 0 Å². The van der Waals surface area contributed by atoms with Crippen molar-refractivity contribution >= 4 is 0 Å². The number of nitrogens with zero attached hydrogens (tertiary/aromatic N) is 2. The number of hydrogen-bond acceptors (Lipinski definition) is 3. The monoisotopic (exact) mass is 323 g/mol. The van der Waals surface area contributed by atoms with Crippen molar-refractivity contribution in [3.63, 3.8) is 0 Å². The highest BCUT2D eigenvalue weighted by Gasteiger charge is 2.30. The van der Waals surface area contributed by atoms with Gasteiger partial charge in [-0.15, -0.1) is 0 Å². The molecule has 127 valence electrons. The topological polar surface area (TPSA) is 15.7 Å². The lowest BCUT2D eigenvalue weighted by molar-refractivity contribution is 0.0387. The Hall–Kier alpha value is -1.04. The molecule has 2 fully saturated rings. The van der Waals surface area contributed by atoms with Crippen LogP contribution in [0.2, 0.25) is 0 Å². The maximum Gasteiger partial charge on any atom is 0.128 e. The van der Waals surface area contributed by atoms with E-state index in [2.05, 4.69) is 16.7 Å². The number of likely N-dealkylation sites (tertiary alicyclic amines) is 1. The summed E-state index contributed by atoms with van der Waals surface area (Å²) in [6, 6.07) is 3.78. The van der Waals surface area contributed by atoms with Crippen LogP contribution in [0.5, 0.6) is 0 Å². The van der Waals surface area contributed by atoms with Crippen LogP contribution in [0, 0.1) is 17.6 Å². The molecule has 2 aliphatic heterocycles. The molecule has 2 aliphatic rings. The van der Waals surface area contributed by atoms with Crippen molar-refractivity contribution in [3.8, 4) is 0 Å². The Morgan fingerprint density at radius 3 is 2.74 bits per heavy atom. The number of halogens is 2. The standard InChI is InChI=1S/C18H25F2N2O/c1-14(12-21-7-9-23-10-8-21)13-22-6-2-3-18(22)16-11-15(19)4-5-17(16)20/h4-5,11,18H,2-3,6-10,12-13H2,1H3/t18-/m1/s1. The predicted octanol–water partition coefficient (Wildman–Crippen LogP) is 3.03. The summed E-state index contributed by atoms with van der Waals surface area (Å²) in [7, 11) is 0. The highest BCUT2D eigenvalue weighted by molar-refractivity contribution is 5.23. The molecule has 1 aromatic carbocycles. The summed E-state index contributed by atoms with van der Waals surface area (Å²) < 4.78 is 32.9. The third-order valence-electron chi connectivity index (χ3n) is 4.75. The zero-order valence-electron chi connectivity index (χ0n) is 13.7. The van der Waals surface area contributed by atoms with Crippen LogP contribution in [0.4, 0.5) is 8.78 Å². The third kappa shape index (κ3) is 4.28. The number of rotatable bonds is 5. The molecule has 1 atom stereocenters. The molecule has 5 heteroatoms. The van der Waals surface area contributed by atoms with Gasteiger partial charge in [0.2, 0.25) is 0 Å². The SMILES string of the molecule is C[C](CN1CCOCC1)CN1CCC[C@@H]1c1cc(F)ccc1F. The van der Waals surface area contributed by atoms with Gasteiger partial charge in [0, 0.05) is 43.7 Å². The van der Waals surface area contributed by atoms with Gasteiger partial charge in [-0.3, -0.25) is 9.80 Å². The largest absolute Gasteiger partial charge is 0.379 e. The second-order valence-electron chi connectivity index (χ2n) is 6.64. The van der Waals surface area contributed by atoms with E-state index in [4.69, 9.17) is 4.74 Å². The van der Waals surface area contributed by atoms with Gasteiger partial charge in [-0.1, -0.05) is 6.92 Å². The van der Waals surface area contributed by atoms with E-state index in [-0.39, 0.29) is 17.7 Å². The van der Waals surface area contributed by atoms with Crippen molar-refractivity contribution in [1.82, 2.24) is 9.80 Å². The molecule has 0 saturated carbocycles. The zero-order valence-corrected chi connectivity index (χ0v) is 13.7. The molecule has 0 unspecified atom stereocenters. The van der Waals surface area contributed by atoms with E-state index < -0.39 is 0 Å². The molecule has 0 amide bonds. The van der Waals surface area contributed by atoms with Crippen molar-refractivity contribution in [2.24, 2.45) is 0 Å². The van der Waals surface area contributed by atoms with Crippen LogP contribution in [0.3, 0.4) is 0 Å². The van der Waals surface area contributed by atoms with Gasteiger partial charge in [-0.25, -0.2) is 8.78 Å². The zero-order chi connectivity index (χ0) is 16.2. The maximum absolute atomic E-state index is 14.1. The van der Waals surface area contributed by atoms with Crippen molar-refractivity contribution in [2.75, 3.05) is 45.9 Å². The van der Waals surface area contributed by atoms with Crippen LogP contribution >= 0.6 is 0 Å². The maximum atomic E-state index is 14.1. The van der Waals surface area contributed by atoms with Gasteiger partial charge in [-0.2, -0.15) is 0 Å². The molecule has 23 heavy (non-hydrogen) atoms. The van der Waals surface area contributed by atoms with Crippen molar-refractivity contribution in [2.45, 2.75) is 25.8 Å². The second kappa shape index (κ2) is 7.69. The number of morpholine rings is 1. The molecule has 0 bridgehead atoms. The number of benzene rings is 1. The molecule has 0 aliphatic carbocycles. The normalized spacial score (nSPS) is 23.7. The first kappa shape index (κ1) is 16.8. The van der Waals surface area contributed by atoms with Crippen molar-refractivity contribution in [3.05, 3.63) is 41.3 Å². The summed E-state index contributed by atoms with van der Waals surface area (Å²) in [5.41, 5.74) is 0.502. The fraction of sp³-hybridized carbons (Fsp3) is 0.611. The Labute approximate surface area is 137 Å². The molecule has 1 radical (unpaired) electrons. The summed E-state index contributed by atoms with van der Waals surface area (Å²) in [5.74, 6) is 0.715. The third-order valence-corrected chi connectivity index (χ3v) is 4.75. The average molecular weight is 323 g/mol. The lowest BCUT2D eigenvalue weighted by Crippen LogP contribution is -2.40. The molecular weight excluding hydrogens is 298 g/mol. The minimum atomic E-state index is -0.359. The van der Waals surface area contributed by atoms with Crippen molar-refractivity contribution < 1.29 is 13.5 Å². The van der Waals surface area contributed by atoms with Crippen LogP contribution in [0.25, 0.3) is 0 Å². The molecule has 3 rings (SSSR count). The molecule has 2 saturated heterocycles. The van der Waals surface area contributed by atoms with Gasteiger partial charge < -0.3 is 4.74 Å². The summed E-state index contributed by atoms with van der Waals surface area (Å²) in [5, 5.41) is 0. The highest BCUT2D eigenvalue weighted by Crippen LogP contribution is 2.34. The fourth-order valence-electron chi connectivity index (χ4n) is 3.68. The summed E-state index contributed by atoms with van der Waals surface area (Å²) in [6.07, 6.45) is 1.93. The Morgan fingerprint density at radius 1 is 1.17 bits per heavy atom. The molecule has 0 spiro atoms. The van der Waals surface area contributed by atoms with Gasteiger partial charge in [0.1, 0.15) is 11.6 Å². The first-order valence-corrected chi connectivity index (χ1v) is 8.44. The quantitative estimate of drug-likeness (QED) is 0.828. The van der Waals surface area contributed by atoms with E-state index in [1.807, 2.05) is 0 Å². The highest BCUT2D eigenvalue weighted by atomic mass is 19.1. The molecule has 1 aromatic rings. The Kier molecular flexibility index (Phi) is 5.62. The second-order valence-corrected chi connectivity index (χ2v) is 6.64. The predicted molar refractivity (Wildman–Crippen MR) is 86.1 cm³/mol. The number of ether oxygens (including phenoxy) is 1. The van der Waals surface area contributed by atoms with Crippen LogP contribution in [0.15, 0.2) is 18.2 Å². The first-order chi connectivity index (χ1) is 11.1. The van der Waals surface area contributed by atoms with Crippen LogP contribution in [-0.2, 0) is 4.74 Å². The summed E-state index contributed by atoms with van der Waals surface area (Å²) in [6.45, 7) is 8.45. The lowest BCUT2D eigenvalue weighted by atomic mass is 10.0. The van der Waals surface area contributed by atoms with Crippen LogP contribution in [-0.4, -0.2) is 55.7 Å². The molecule has 3 nitrogen and oxygen atoms in total. The average Bonchev–Trinajstić information content (AvgIpc) is 2.98. The van der Waals surface area contributed by atoms with Gasteiger partial charge in [-0.05, 0) is 37.6 Å². The first-order valence-electron chi connectivity index (χ1n) is 8.44. The molecule has 0 aromatic heterocycles. The van der Waals surface area contributed by atoms with E-state index in [0.717, 1.165) is 58.8 Å². The van der Waals surface area contributed by atoms with E-state index in [1.165, 1.54) is 24.1 Å². The fourth-order valence-corrected chi connectivity index (χ4v) is 3.68. The molecular formula is C18H25F2N2O. The Bertz CT molecular complexity index is 520. The number of hydrogen-bond donors (Lipinski definition) is 0.